The van der Waals surface area contributed by atoms with Gasteiger partial charge in [-0.05, 0) is 26.2 Å². The fraction of sp³-hybridized carbons (Fsp3) is 0.364. The molecular formula is C11H17BN2O2. The van der Waals surface area contributed by atoms with E-state index in [1.165, 1.54) is 0 Å². The van der Waals surface area contributed by atoms with Gasteiger partial charge in [-0.2, -0.15) is 0 Å². The number of hydrogen-bond donors (Lipinski definition) is 2. The Bertz CT molecular complexity index is 338. The van der Waals surface area contributed by atoms with E-state index in [1.54, 1.807) is 24.3 Å². The van der Waals surface area contributed by atoms with Crippen LogP contribution in [0.15, 0.2) is 24.3 Å². The van der Waals surface area contributed by atoms with E-state index in [-0.39, 0.29) is 13.4 Å². The number of nitrogens with one attached hydrogen (secondary N) is 1. The van der Waals surface area contributed by atoms with Gasteiger partial charge in [-0.3, -0.25) is 4.79 Å². The molecule has 5 heteroatoms. The van der Waals surface area contributed by atoms with Gasteiger partial charge in [-0.1, -0.05) is 17.6 Å². The zero-order chi connectivity index (χ0) is 12.0. The van der Waals surface area contributed by atoms with Crippen molar-refractivity contribution < 1.29 is 9.82 Å². The predicted octanol–water partition coefficient (Wildman–Crippen LogP) is -1.05. The Labute approximate surface area is 96.5 Å². The van der Waals surface area contributed by atoms with Crippen LogP contribution in [0.4, 0.5) is 0 Å². The smallest absolute Gasteiger partial charge is 0.304 e. The normalized spacial score (nSPS) is 10.2. The number of nitrogens with zero attached hydrogens (tertiary/aromatic N) is 1. The van der Waals surface area contributed by atoms with Crippen LogP contribution in [0.3, 0.4) is 0 Å². The molecule has 0 fully saturated rings. The van der Waals surface area contributed by atoms with Crippen LogP contribution < -0.4 is 10.8 Å². The summed E-state index contributed by atoms with van der Waals surface area (Å²) in [6.45, 7) is 1.45. The van der Waals surface area contributed by atoms with Crippen LogP contribution in [0.25, 0.3) is 0 Å². The van der Waals surface area contributed by atoms with E-state index in [0.717, 1.165) is 12.0 Å². The van der Waals surface area contributed by atoms with Gasteiger partial charge in [0.05, 0.1) is 0 Å². The lowest BCUT2D eigenvalue weighted by Gasteiger charge is -2.10. The molecule has 0 aliphatic carbocycles. The largest absolute Gasteiger partial charge is 0.449 e. The first-order valence-electron chi connectivity index (χ1n) is 5.26. The van der Waals surface area contributed by atoms with Crippen LogP contribution in [0.2, 0.25) is 0 Å². The third kappa shape index (κ3) is 4.04. The summed E-state index contributed by atoms with van der Waals surface area (Å²) in [4.78, 5) is 13.6. The molecule has 16 heavy (non-hydrogen) atoms. The zero-order valence-corrected chi connectivity index (χ0v) is 9.73. The second-order valence-corrected chi connectivity index (χ2v) is 3.91. The van der Waals surface area contributed by atoms with Crippen molar-refractivity contribution in [3.8, 4) is 0 Å². The average molecular weight is 220 g/mol. The molecule has 0 saturated heterocycles. The maximum absolute atomic E-state index is 11.6. The van der Waals surface area contributed by atoms with Gasteiger partial charge in [-0.25, -0.2) is 0 Å². The van der Waals surface area contributed by atoms with E-state index in [0.29, 0.717) is 12.1 Å². The molecule has 0 radical (unpaired) electrons. The summed E-state index contributed by atoms with van der Waals surface area (Å²) in [5.41, 5.74) is 1.43. The number of likely N-dealkylation sites (N-methyl/N-ethyl adjacent to an activating group) is 1. The van der Waals surface area contributed by atoms with Crippen molar-refractivity contribution in [2.45, 2.75) is 0 Å². The first-order valence-corrected chi connectivity index (χ1v) is 5.26. The second kappa shape index (κ2) is 6.30. The Morgan fingerprint density at radius 3 is 2.50 bits per heavy atom. The molecule has 0 spiro atoms. The van der Waals surface area contributed by atoms with E-state index >= 15 is 0 Å². The van der Waals surface area contributed by atoms with E-state index in [9.17, 15) is 4.79 Å². The van der Waals surface area contributed by atoms with E-state index < -0.39 is 0 Å². The van der Waals surface area contributed by atoms with Crippen molar-refractivity contribution in [1.29, 1.82) is 0 Å². The fourth-order valence-electron chi connectivity index (χ4n) is 1.26. The van der Waals surface area contributed by atoms with Gasteiger partial charge in [0.1, 0.15) is 0 Å². The van der Waals surface area contributed by atoms with Crippen LogP contribution in [-0.4, -0.2) is 50.5 Å². The number of rotatable bonds is 5. The van der Waals surface area contributed by atoms with Gasteiger partial charge in [0.15, 0.2) is 0 Å². The Kier molecular flexibility index (Phi) is 5.02. The fourth-order valence-corrected chi connectivity index (χ4v) is 1.26. The molecule has 0 aliphatic heterocycles. The van der Waals surface area contributed by atoms with Crippen LogP contribution in [0, 0.1) is 0 Å². The number of hydrogen-bond acceptors (Lipinski definition) is 3. The maximum atomic E-state index is 11.6. The summed E-state index contributed by atoms with van der Waals surface area (Å²) in [7, 11) is 3.92. The third-order valence-electron chi connectivity index (χ3n) is 2.24. The highest BCUT2D eigenvalue weighted by atomic mass is 16.2. The molecule has 0 heterocycles. The van der Waals surface area contributed by atoms with Crippen molar-refractivity contribution in [3.05, 3.63) is 29.8 Å². The van der Waals surface area contributed by atoms with Crippen LogP contribution in [-0.2, 0) is 0 Å². The SMILES string of the molecule is CN(C)CCNC(=O)c1ccc(BO)cc1. The topological polar surface area (TPSA) is 52.6 Å². The minimum absolute atomic E-state index is 0.00251. The van der Waals surface area contributed by atoms with E-state index in [2.05, 4.69) is 5.32 Å². The quantitative estimate of drug-likeness (QED) is 0.622. The van der Waals surface area contributed by atoms with Crippen LogP contribution >= 0.6 is 0 Å². The maximum Gasteiger partial charge on any atom is 0.304 e. The Morgan fingerprint density at radius 2 is 2.00 bits per heavy atom. The molecule has 0 unspecified atom stereocenters. The van der Waals surface area contributed by atoms with Gasteiger partial charge in [-0.15, -0.1) is 0 Å². The molecule has 0 bridgehead atoms. The highest BCUT2D eigenvalue weighted by Crippen LogP contribution is 1.96. The minimum atomic E-state index is -0.0775. The van der Waals surface area contributed by atoms with Crippen LogP contribution in [0.5, 0.6) is 0 Å². The lowest BCUT2D eigenvalue weighted by atomic mass is 9.88. The standard InChI is InChI=1S/C11H17BN2O2/c1-14(2)8-7-13-11(15)9-3-5-10(12-16)6-4-9/h3-6,12,16H,7-8H2,1-2H3,(H,13,15). The number of benzene rings is 1. The molecule has 0 atom stereocenters. The molecule has 4 nitrogen and oxygen atoms in total. The Balaban J connectivity index is 2.46. The Hall–Kier alpha value is -1.33. The monoisotopic (exact) mass is 220 g/mol. The predicted molar refractivity (Wildman–Crippen MR) is 66.3 cm³/mol. The summed E-state index contributed by atoms with van der Waals surface area (Å²) in [5, 5.41) is 11.7. The first-order chi connectivity index (χ1) is 7.63. The molecular weight excluding hydrogens is 203 g/mol. The molecule has 2 N–H and O–H groups in total. The first kappa shape index (κ1) is 12.7. The third-order valence-corrected chi connectivity index (χ3v) is 2.24. The van der Waals surface area contributed by atoms with Crippen molar-refractivity contribution in [2.24, 2.45) is 0 Å². The molecule has 86 valence electrons. The van der Waals surface area contributed by atoms with Crippen molar-refractivity contribution in [3.63, 3.8) is 0 Å². The number of carbonyl (C=O) groups is 1. The van der Waals surface area contributed by atoms with E-state index in [4.69, 9.17) is 5.02 Å². The molecule has 1 amide bonds. The van der Waals surface area contributed by atoms with Gasteiger partial charge in [0.2, 0.25) is 0 Å². The van der Waals surface area contributed by atoms with Gasteiger partial charge in [0.25, 0.3) is 5.91 Å². The van der Waals surface area contributed by atoms with Gasteiger partial charge < -0.3 is 15.2 Å². The lowest BCUT2D eigenvalue weighted by molar-refractivity contribution is 0.0951. The van der Waals surface area contributed by atoms with Gasteiger partial charge >= 0.3 is 7.48 Å². The molecule has 0 aromatic heterocycles. The van der Waals surface area contributed by atoms with Crippen molar-refractivity contribution in [2.75, 3.05) is 27.2 Å². The summed E-state index contributed by atoms with van der Waals surface area (Å²) >= 11 is 0. The molecule has 1 aromatic carbocycles. The van der Waals surface area contributed by atoms with Crippen molar-refractivity contribution >= 4 is 18.9 Å². The molecule has 0 saturated carbocycles. The number of amides is 1. The number of carbonyl (C=O) groups excluding carboxylic acids is 1. The summed E-state index contributed by atoms with van der Waals surface area (Å²) < 4.78 is 0. The molecule has 0 aliphatic rings. The van der Waals surface area contributed by atoms with Gasteiger partial charge in [0, 0.05) is 18.7 Å². The lowest BCUT2D eigenvalue weighted by Crippen LogP contribution is -2.31. The Morgan fingerprint density at radius 1 is 1.38 bits per heavy atom. The second-order valence-electron chi connectivity index (χ2n) is 3.91. The highest BCUT2D eigenvalue weighted by molar-refractivity contribution is 6.45. The highest BCUT2D eigenvalue weighted by Gasteiger charge is 2.04. The average Bonchev–Trinajstić information content (AvgIpc) is 2.28. The zero-order valence-electron chi connectivity index (χ0n) is 9.73. The minimum Gasteiger partial charge on any atom is -0.449 e. The summed E-state index contributed by atoms with van der Waals surface area (Å²) in [5.74, 6) is -0.0775. The van der Waals surface area contributed by atoms with Crippen molar-refractivity contribution in [1.82, 2.24) is 10.2 Å². The summed E-state index contributed by atoms with van der Waals surface area (Å²) in [6.07, 6.45) is 0. The molecule has 1 aromatic rings. The van der Waals surface area contributed by atoms with Crippen LogP contribution in [0.1, 0.15) is 10.4 Å². The summed E-state index contributed by atoms with van der Waals surface area (Å²) in [6, 6.07) is 6.94. The molecule has 1 rings (SSSR count). The van der Waals surface area contributed by atoms with E-state index in [1.807, 2.05) is 19.0 Å².